The van der Waals surface area contributed by atoms with Crippen LogP contribution in [0.2, 0.25) is 0 Å². The maximum absolute atomic E-state index is 12.4. The molecule has 0 spiro atoms. The van der Waals surface area contributed by atoms with E-state index in [0.717, 1.165) is 31.7 Å². The van der Waals surface area contributed by atoms with Gasteiger partial charge in [0.1, 0.15) is 0 Å². The van der Waals surface area contributed by atoms with Gasteiger partial charge >= 0.3 is 6.61 Å². The second-order valence-corrected chi connectivity index (χ2v) is 7.24. The fourth-order valence-electron chi connectivity index (χ4n) is 3.49. The standard InChI is InChI=1S/C18H26F2N2O2/c1-18(7-8-21-11-18)12-22(14-4-5-14)10-13-3-6-15(24-17(19)20)16(9-13)23-2/h3,6,9,14,17,21H,4-5,7-8,10-12H2,1-2H3. The lowest BCUT2D eigenvalue weighted by molar-refractivity contribution is -0.0512. The van der Waals surface area contributed by atoms with Crippen LogP contribution < -0.4 is 14.8 Å². The van der Waals surface area contributed by atoms with Gasteiger partial charge in [0.05, 0.1) is 7.11 Å². The molecule has 1 saturated heterocycles. The molecular formula is C18H26F2N2O2. The summed E-state index contributed by atoms with van der Waals surface area (Å²) in [5.41, 5.74) is 1.38. The summed E-state index contributed by atoms with van der Waals surface area (Å²) in [7, 11) is 1.47. The Bertz CT molecular complexity index is 558. The van der Waals surface area contributed by atoms with Crippen LogP contribution in [-0.2, 0) is 6.54 Å². The maximum Gasteiger partial charge on any atom is 0.387 e. The average molecular weight is 340 g/mol. The van der Waals surface area contributed by atoms with Crippen LogP contribution in [0, 0.1) is 5.41 Å². The van der Waals surface area contributed by atoms with E-state index < -0.39 is 6.61 Å². The SMILES string of the molecule is COc1cc(CN(CC2(C)CCNC2)C2CC2)ccc1OC(F)F. The van der Waals surface area contributed by atoms with Crippen LogP contribution >= 0.6 is 0 Å². The summed E-state index contributed by atoms with van der Waals surface area (Å²) >= 11 is 0. The predicted molar refractivity (Wildman–Crippen MR) is 88.7 cm³/mol. The molecule has 1 aliphatic carbocycles. The minimum atomic E-state index is -2.84. The lowest BCUT2D eigenvalue weighted by Crippen LogP contribution is -2.38. The molecule has 4 nitrogen and oxygen atoms in total. The van der Waals surface area contributed by atoms with Crippen molar-refractivity contribution in [3.8, 4) is 11.5 Å². The molecule has 1 unspecified atom stereocenters. The van der Waals surface area contributed by atoms with Crippen LogP contribution in [0.4, 0.5) is 8.78 Å². The van der Waals surface area contributed by atoms with E-state index >= 15 is 0 Å². The molecule has 1 aromatic carbocycles. The van der Waals surface area contributed by atoms with E-state index in [4.69, 9.17) is 4.74 Å². The topological polar surface area (TPSA) is 33.7 Å². The van der Waals surface area contributed by atoms with Gasteiger partial charge in [0, 0.05) is 25.7 Å². The van der Waals surface area contributed by atoms with Crippen molar-refractivity contribution in [1.29, 1.82) is 0 Å². The fourth-order valence-corrected chi connectivity index (χ4v) is 3.49. The summed E-state index contributed by atoms with van der Waals surface area (Å²) in [5.74, 6) is 0.443. The fraction of sp³-hybridized carbons (Fsp3) is 0.667. The zero-order valence-corrected chi connectivity index (χ0v) is 14.4. The summed E-state index contributed by atoms with van der Waals surface area (Å²) in [6.45, 7) is 3.50. The molecule has 6 heteroatoms. The third kappa shape index (κ3) is 4.36. The van der Waals surface area contributed by atoms with E-state index in [1.807, 2.05) is 12.1 Å². The normalized spacial score (nSPS) is 23.9. The van der Waals surface area contributed by atoms with Gasteiger partial charge in [-0.15, -0.1) is 0 Å². The van der Waals surface area contributed by atoms with Crippen molar-refractivity contribution in [2.24, 2.45) is 5.41 Å². The number of hydrogen-bond donors (Lipinski definition) is 1. The van der Waals surface area contributed by atoms with E-state index in [0.29, 0.717) is 17.2 Å². The Labute approximate surface area is 142 Å². The summed E-state index contributed by atoms with van der Waals surface area (Å²) in [6, 6.07) is 5.88. The third-order valence-corrected chi connectivity index (χ3v) is 4.93. The number of nitrogens with zero attached hydrogens (tertiary/aromatic N) is 1. The van der Waals surface area contributed by atoms with Gasteiger partial charge in [0.25, 0.3) is 0 Å². The first-order chi connectivity index (χ1) is 11.5. The zero-order valence-electron chi connectivity index (χ0n) is 14.4. The average Bonchev–Trinajstić information content (AvgIpc) is 3.30. The Kier molecular flexibility index (Phi) is 5.25. The Morgan fingerprint density at radius 1 is 1.33 bits per heavy atom. The number of methoxy groups -OCH3 is 1. The van der Waals surface area contributed by atoms with Crippen LogP contribution in [0.5, 0.6) is 11.5 Å². The largest absolute Gasteiger partial charge is 0.493 e. The van der Waals surface area contributed by atoms with Crippen molar-refractivity contribution in [3.05, 3.63) is 23.8 Å². The molecule has 0 bridgehead atoms. The van der Waals surface area contributed by atoms with Gasteiger partial charge in [0.2, 0.25) is 0 Å². The van der Waals surface area contributed by atoms with Crippen molar-refractivity contribution in [3.63, 3.8) is 0 Å². The molecule has 3 rings (SSSR count). The lowest BCUT2D eigenvalue weighted by atomic mass is 9.89. The van der Waals surface area contributed by atoms with Gasteiger partial charge in [-0.05, 0) is 48.9 Å². The van der Waals surface area contributed by atoms with Crippen LogP contribution in [0.15, 0.2) is 18.2 Å². The molecule has 0 radical (unpaired) electrons. The first kappa shape index (κ1) is 17.4. The molecule has 0 aromatic heterocycles. The van der Waals surface area contributed by atoms with Crippen LogP contribution in [0.25, 0.3) is 0 Å². The van der Waals surface area contributed by atoms with Crippen LogP contribution in [0.1, 0.15) is 31.7 Å². The highest BCUT2D eigenvalue weighted by Gasteiger charge is 2.36. The number of alkyl halides is 2. The van der Waals surface area contributed by atoms with Crippen LogP contribution in [0.3, 0.4) is 0 Å². The van der Waals surface area contributed by atoms with E-state index in [-0.39, 0.29) is 5.75 Å². The van der Waals surface area contributed by atoms with Gasteiger partial charge in [0.15, 0.2) is 11.5 Å². The van der Waals surface area contributed by atoms with Crippen molar-refractivity contribution >= 4 is 0 Å². The van der Waals surface area contributed by atoms with Gasteiger partial charge in [-0.3, -0.25) is 4.90 Å². The number of halogens is 2. The Balaban J connectivity index is 1.70. The van der Waals surface area contributed by atoms with Gasteiger partial charge in [-0.2, -0.15) is 8.78 Å². The minimum absolute atomic E-state index is 0.0844. The summed E-state index contributed by atoms with van der Waals surface area (Å²) < 4.78 is 34.6. The van der Waals surface area contributed by atoms with Crippen molar-refractivity contribution in [1.82, 2.24) is 10.2 Å². The Morgan fingerprint density at radius 3 is 2.71 bits per heavy atom. The number of rotatable bonds is 8. The highest BCUT2D eigenvalue weighted by molar-refractivity contribution is 5.43. The van der Waals surface area contributed by atoms with E-state index in [9.17, 15) is 8.78 Å². The van der Waals surface area contributed by atoms with Crippen molar-refractivity contribution in [2.75, 3.05) is 26.7 Å². The zero-order chi connectivity index (χ0) is 17.2. The first-order valence-corrected chi connectivity index (χ1v) is 8.56. The molecule has 1 N–H and O–H groups in total. The van der Waals surface area contributed by atoms with E-state index in [2.05, 4.69) is 21.9 Å². The highest BCUT2D eigenvalue weighted by Crippen LogP contribution is 2.35. The molecule has 1 saturated carbocycles. The third-order valence-electron chi connectivity index (χ3n) is 4.93. The molecule has 1 atom stereocenters. The molecule has 134 valence electrons. The molecule has 1 aromatic rings. The molecule has 24 heavy (non-hydrogen) atoms. The maximum atomic E-state index is 12.4. The molecule has 1 aliphatic heterocycles. The Morgan fingerprint density at radius 2 is 2.12 bits per heavy atom. The highest BCUT2D eigenvalue weighted by atomic mass is 19.3. The van der Waals surface area contributed by atoms with Crippen molar-refractivity contribution in [2.45, 2.75) is 45.4 Å². The van der Waals surface area contributed by atoms with E-state index in [1.54, 1.807) is 6.07 Å². The molecular weight excluding hydrogens is 314 g/mol. The van der Waals surface area contributed by atoms with Crippen molar-refractivity contribution < 1.29 is 18.3 Å². The second-order valence-electron chi connectivity index (χ2n) is 7.24. The van der Waals surface area contributed by atoms with Gasteiger partial charge in [-0.1, -0.05) is 13.0 Å². The van der Waals surface area contributed by atoms with Gasteiger partial charge < -0.3 is 14.8 Å². The molecule has 2 fully saturated rings. The number of ether oxygens (including phenoxy) is 2. The van der Waals surface area contributed by atoms with Gasteiger partial charge in [-0.25, -0.2) is 0 Å². The number of benzene rings is 1. The number of hydrogen-bond acceptors (Lipinski definition) is 4. The molecule has 1 heterocycles. The quantitative estimate of drug-likeness (QED) is 0.788. The Hall–Kier alpha value is -1.40. The molecule has 2 aliphatic rings. The number of nitrogens with one attached hydrogen (secondary N) is 1. The monoisotopic (exact) mass is 340 g/mol. The summed E-state index contributed by atoms with van der Waals surface area (Å²) in [5, 5.41) is 3.45. The van der Waals surface area contributed by atoms with E-state index in [1.165, 1.54) is 26.4 Å². The summed E-state index contributed by atoms with van der Waals surface area (Å²) in [4.78, 5) is 2.52. The smallest absolute Gasteiger partial charge is 0.387 e. The minimum Gasteiger partial charge on any atom is -0.493 e. The molecule has 0 amide bonds. The second kappa shape index (κ2) is 7.23. The first-order valence-electron chi connectivity index (χ1n) is 8.56. The predicted octanol–water partition coefficient (Wildman–Crippen LogP) is 3.26. The lowest BCUT2D eigenvalue weighted by Gasteiger charge is -2.32. The summed E-state index contributed by atoms with van der Waals surface area (Å²) in [6.07, 6.45) is 3.68. The van der Waals surface area contributed by atoms with Crippen LogP contribution in [-0.4, -0.2) is 44.3 Å².